The first-order valence-corrected chi connectivity index (χ1v) is 7.13. The molecule has 0 heterocycles. The molecule has 0 saturated carbocycles. The van der Waals surface area contributed by atoms with Gasteiger partial charge in [-0.25, -0.2) is 0 Å². The first-order valence-electron chi connectivity index (χ1n) is 6.37. The number of carbonyl (C=O) groups excluding carboxylic acids is 1. The lowest BCUT2D eigenvalue weighted by Gasteiger charge is -2.18. The first-order chi connectivity index (χ1) is 9.88. The molecule has 0 aliphatic rings. The number of hydrogen-bond acceptors (Lipinski definition) is 2. The Balaban J connectivity index is 2.19. The number of halogens is 2. The van der Waals surface area contributed by atoms with E-state index in [1.807, 2.05) is 13.0 Å². The van der Waals surface area contributed by atoms with Crippen LogP contribution in [0.15, 0.2) is 36.4 Å². The van der Waals surface area contributed by atoms with Gasteiger partial charge in [0.15, 0.2) is 0 Å². The minimum atomic E-state index is -0.248. The van der Waals surface area contributed by atoms with E-state index in [9.17, 15) is 9.90 Å². The van der Waals surface area contributed by atoms with Crippen molar-refractivity contribution in [1.82, 2.24) is 4.90 Å². The zero-order chi connectivity index (χ0) is 15.6. The molecule has 0 atom stereocenters. The van der Waals surface area contributed by atoms with E-state index >= 15 is 0 Å². The highest BCUT2D eigenvalue weighted by atomic mass is 35.5. The molecular weight excluding hydrogens is 309 g/mol. The lowest BCUT2D eigenvalue weighted by Crippen LogP contribution is -2.26. The van der Waals surface area contributed by atoms with E-state index in [4.69, 9.17) is 23.2 Å². The van der Waals surface area contributed by atoms with E-state index in [1.54, 1.807) is 31.3 Å². The molecule has 0 fully saturated rings. The predicted octanol–water partition coefficient (Wildman–Crippen LogP) is 4.28. The van der Waals surface area contributed by atoms with E-state index in [1.165, 1.54) is 11.0 Å². The van der Waals surface area contributed by atoms with Gasteiger partial charge >= 0.3 is 0 Å². The van der Waals surface area contributed by atoms with Crippen LogP contribution in [0.1, 0.15) is 21.5 Å². The van der Waals surface area contributed by atoms with Gasteiger partial charge in [0, 0.05) is 13.6 Å². The van der Waals surface area contributed by atoms with Crippen LogP contribution in [0.3, 0.4) is 0 Å². The summed E-state index contributed by atoms with van der Waals surface area (Å²) >= 11 is 11.8. The number of aryl methyl sites for hydroxylation is 1. The largest absolute Gasteiger partial charge is 0.507 e. The van der Waals surface area contributed by atoms with Crippen molar-refractivity contribution in [3.63, 3.8) is 0 Å². The molecule has 0 saturated heterocycles. The summed E-state index contributed by atoms with van der Waals surface area (Å²) in [5.41, 5.74) is 2.07. The molecule has 0 unspecified atom stereocenters. The number of amides is 1. The minimum absolute atomic E-state index is 0.0217. The number of aromatic hydroxyl groups is 1. The van der Waals surface area contributed by atoms with Crippen LogP contribution in [0, 0.1) is 6.92 Å². The molecule has 2 rings (SSSR count). The van der Waals surface area contributed by atoms with Gasteiger partial charge in [-0.15, -0.1) is 0 Å². The summed E-state index contributed by atoms with van der Waals surface area (Å²) in [6.07, 6.45) is 0. The molecule has 5 heteroatoms. The number of benzene rings is 2. The zero-order valence-electron chi connectivity index (χ0n) is 11.7. The molecule has 2 aromatic rings. The maximum atomic E-state index is 12.4. The van der Waals surface area contributed by atoms with Crippen LogP contribution < -0.4 is 0 Å². The van der Waals surface area contributed by atoms with Crippen molar-refractivity contribution in [1.29, 1.82) is 0 Å². The highest BCUT2D eigenvalue weighted by Gasteiger charge is 2.16. The van der Waals surface area contributed by atoms with Crippen molar-refractivity contribution in [3.8, 4) is 5.75 Å². The Kier molecular flexibility index (Phi) is 4.76. The van der Waals surface area contributed by atoms with Gasteiger partial charge in [0.05, 0.1) is 15.6 Å². The molecule has 0 spiro atoms. The average molecular weight is 324 g/mol. The molecular formula is C16H15Cl2NO2. The molecule has 1 N–H and O–H groups in total. The summed E-state index contributed by atoms with van der Waals surface area (Å²) in [5, 5.41) is 10.7. The molecule has 0 radical (unpaired) electrons. The maximum Gasteiger partial charge on any atom is 0.257 e. The molecule has 3 nitrogen and oxygen atoms in total. The van der Waals surface area contributed by atoms with Crippen LogP contribution >= 0.6 is 23.2 Å². The average Bonchev–Trinajstić information content (AvgIpc) is 2.44. The third kappa shape index (κ3) is 3.69. The Labute approximate surface area is 133 Å². The SMILES string of the molecule is Cc1ccc(O)c(C(=O)N(C)Cc2ccc(Cl)c(Cl)c2)c1. The number of hydrogen-bond donors (Lipinski definition) is 1. The second-order valence-corrected chi connectivity index (χ2v) is 5.74. The molecule has 21 heavy (non-hydrogen) atoms. The minimum Gasteiger partial charge on any atom is -0.507 e. The van der Waals surface area contributed by atoms with Crippen molar-refractivity contribution in [2.45, 2.75) is 13.5 Å². The van der Waals surface area contributed by atoms with Crippen LogP contribution in [-0.4, -0.2) is 23.0 Å². The summed E-state index contributed by atoms with van der Waals surface area (Å²) in [6, 6.07) is 10.2. The number of phenols is 1. The summed E-state index contributed by atoms with van der Waals surface area (Å²) in [5.74, 6) is -0.270. The Morgan fingerprint density at radius 3 is 2.52 bits per heavy atom. The van der Waals surface area contributed by atoms with Gasteiger partial charge in [0.2, 0.25) is 0 Å². The van der Waals surface area contributed by atoms with Gasteiger partial charge in [-0.05, 0) is 36.8 Å². The third-order valence-electron chi connectivity index (χ3n) is 3.13. The summed E-state index contributed by atoms with van der Waals surface area (Å²) in [6.45, 7) is 2.25. The van der Waals surface area contributed by atoms with Crippen LogP contribution in [0.2, 0.25) is 10.0 Å². The molecule has 0 bridgehead atoms. The number of phenolic OH excluding ortho intramolecular Hbond substituents is 1. The van der Waals surface area contributed by atoms with Crippen molar-refractivity contribution in [2.75, 3.05) is 7.05 Å². The van der Waals surface area contributed by atoms with Crippen molar-refractivity contribution in [3.05, 3.63) is 63.1 Å². The topological polar surface area (TPSA) is 40.5 Å². The maximum absolute atomic E-state index is 12.4. The van der Waals surface area contributed by atoms with Crippen LogP contribution in [0.25, 0.3) is 0 Å². The van der Waals surface area contributed by atoms with Crippen molar-refractivity contribution in [2.24, 2.45) is 0 Å². The van der Waals surface area contributed by atoms with Crippen molar-refractivity contribution < 1.29 is 9.90 Å². The van der Waals surface area contributed by atoms with Gasteiger partial charge in [-0.2, -0.15) is 0 Å². The fourth-order valence-electron chi connectivity index (χ4n) is 2.01. The fourth-order valence-corrected chi connectivity index (χ4v) is 2.33. The molecule has 110 valence electrons. The standard InChI is InChI=1S/C16H15Cl2NO2/c1-10-3-6-15(20)12(7-10)16(21)19(2)9-11-4-5-13(17)14(18)8-11/h3-8,20H,9H2,1-2H3. The zero-order valence-corrected chi connectivity index (χ0v) is 13.2. The van der Waals surface area contributed by atoms with E-state index in [2.05, 4.69) is 0 Å². The Bertz CT molecular complexity index is 686. The Morgan fingerprint density at radius 1 is 1.14 bits per heavy atom. The second-order valence-electron chi connectivity index (χ2n) is 4.93. The van der Waals surface area contributed by atoms with Gasteiger partial charge in [-0.3, -0.25) is 4.79 Å². The van der Waals surface area contributed by atoms with E-state index < -0.39 is 0 Å². The van der Waals surface area contributed by atoms with Gasteiger partial charge < -0.3 is 10.0 Å². The lowest BCUT2D eigenvalue weighted by atomic mass is 10.1. The van der Waals surface area contributed by atoms with E-state index in [0.717, 1.165) is 11.1 Å². The first kappa shape index (κ1) is 15.7. The summed E-state index contributed by atoms with van der Waals surface area (Å²) < 4.78 is 0. The molecule has 0 aliphatic heterocycles. The quantitative estimate of drug-likeness (QED) is 0.915. The van der Waals surface area contributed by atoms with E-state index in [0.29, 0.717) is 16.6 Å². The summed E-state index contributed by atoms with van der Waals surface area (Å²) in [4.78, 5) is 13.9. The van der Waals surface area contributed by atoms with Crippen LogP contribution in [0.5, 0.6) is 5.75 Å². The normalized spacial score (nSPS) is 10.5. The third-order valence-corrected chi connectivity index (χ3v) is 3.87. The molecule has 2 aromatic carbocycles. The van der Waals surface area contributed by atoms with Gasteiger partial charge in [0.1, 0.15) is 5.75 Å². The fraction of sp³-hybridized carbons (Fsp3) is 0.188. The lowest BCUT2D eigenvalue weighted by molar-refractivity contribution is 0.0782. The number of nitrogens with zero attached hydrogens (tertiary/aromatic N) is 1. The van der Waals surface area contributed by atoms with E-state index in [-0.39, 0.29) is 17.2 Å². The Morgan fingerprint density at radius 2 is 1.86 bits per heavy atom. The predicted molar refractivity (Wildman–Crippen MR) is 85.1 cm³/mol. The van der Waals surface area contributed by atoms with Gasteiger partial charge in [0.25, 0.3) is 5.91 Å². The highest BCUT2D eigenvalue weighted by Crippen LogP contribution is 2.24. The monoisotopic (exact) mass is 323 g/mol. The Hall–Kier alpha value is -1.71. The number of rotatable bonds is 3. The molecule has 1 amide bonds. The highest BCUT2D eigenvalue weighted by molar-refractivity contribution is 6.42. The second kappa shape index (κ2) is 6.37. The molecule has 0 aliphatic carbocycles. The van der Waals surface area contributed by atoms with Crippen molar-refractivity contribution >= 4 is 29.1 Å². The molecule has 0 aromatic heterocycles. The van der Waals surface area contributed by atoms with Gasteiger partial charge in [-0.1, -0.05) is 40.9 Å². The van der Waals surface area contributed by atoms with Crippen LogP contribution in [-0.2, 0) is 6.54 Å². The smallest absolute Gasteiger partial charge is 0.257 e. The number of carbonyl (C=O) groups is 1. The summed E-state index contributed by atoms with van der Waals surface area (Å²) in [7, 11) is 1.67. The van der Waals surface area contributed by atoms with Crippen LogP contribution in [0.4, 0.5) is 0 Å².